The summed E-state index contributed by atoms with van der Waals surface area (Å²) < 4.78 is 5.06. The van der Waals surface area contributed by atoms with E-state index in [0.29, 0.717) is 11.3 Å². The van der Waals surface area contributed by atoms with Crippen LogP contribution in [0.3, 0.4) is 0 Å². The summed E-state index contributed by atoms with van der Waals surface area (Å²) in [5.74, 6) is -0.648. The van der Waals surface area contributed by atoms with Gasteiger partial charge in [0.15, 0.2) is 23.3 Å². The fourth-order valence-electron chi connectivity index (χ4n) is 2.85. The van der Waals surface area contributed by atoms with Crippen LogP contribution in [0.1, 0.15) is 26.3 Å². The Hall–Kier alpha value is -2.50. The molecular formula is C18H16O5. The van der Waals surface area contributed by atoms with Crippen molar-refractivity contribution in [3.8, 4) is 5.75 Å². The number of carbonyl (C=O) groups is 2. The van der Waals surface area contributed by atoms with Crippen molar-refractivity contribution in [3.63, 3.8) is 0 Å². The van der Waals surface area contributed by atoms with Gasteiger partial charge in [0.05, 0.1) is 7.11 Å². The number of fused-ring (bicyclic) bond motifs is 1. The number of methoxy groups -OCH3 is 1. The van der Waals surface area contributed by atoms with Crippen molar-refractivity contribution in [3.05, 3.63) is 65.2 Å². The molecule has 1 aliphatic rings. The van der Waals surface area contributed by atoms with Crippen molar-refractivity contribution in [2.75, 3.05) is 7.11 Å². The second-order valence-corrected chi connectivity index (χ2v) is 5.59. The smallest absolute Gasteiger partial charge is 0.198 e. The third-order valence-electron chi connectivity index (χ3n) is 4.16. The van der Waals surface area contributed by atoms with Crippen LogP contribution >= 0.6 is 0 Å². The molecule has 0 saturated carbocycles. The third-order valence-corrected chi connectivity index (χ3v) is 4.16. The van der Waals surface area contributed by atoms with Crippen LogP contribution in [0.5, 0.6) is 5.75 Å². The van der Waals surface area contributed by atoms with Crippen LogP contribution in [-0.2, 0) is 6.42 Å². The van der Waals surface area contributed by atoms with Gasteiger partial charge in [-0.25, -0.2) is 0 Å². The quantitative estimate of drug-likeness (QED) is 0.895. The van der Waals surface area contributed by atoms with Gasteiger partial charge in [-0.3, -0.25) is 9.59 Å². The predicted molar refractivity (Wildman–Crippen MR) is 82.8 cm³/mol. The van der Waals surface area contributed by atoms with E-state index in [0.717, 1.165) is 0 Å². The van der Waals surface area contributed by atoms with Crippen LogP contribution < -0.4 is 4.74 Å². The third kappa shape index (κ3) is 2.44. The SMILES string of the molecule is COc1ccc(C[C@@]2(O)C(=O)c3ccccc3C(=O)[C@@H]2O)cc1. The van der Waals surface area contributed by atoms with Crippen LogP contribution in [0.15, 0.2) is 48.5 Å². The van der Waals surface area contributed by atoms with E-state index in [1.807, 2.05) is 0 Å². The largest absolute Gasteiger partial charge is 0.497 e. The first-order valence-corrected chi connectivity index (χ1v) is 7.19. The highest BCUT2D eigenvalue weighted by Gasteiger charge is 2.52. The molecule has 23 heavy (non-hydrogen) atoms. The minimum absolute atomic E-state index is 0.138. The molecule has 2 aromatic rings. The van der Waals surface area contributed by atoms with Crippen molar-refractivity contribution in [2.45, 2.75) is 18.1 Å². The molecule has 0 saturated heterocycles. The van der Waals surface area contributed by atoms with Crippen LogP contribution in [0.25, 0.3) is 0 Å². The Kier molecular flexibility index (Phi) is 3.75. The lowest BCUT2D eigenvalue weighted by molar-refractivity contribution is -0.0404. The minimum Gasteiger partial charge on any atom is -0.497 e. The van der Waals surface area contributed by atoms with E-state index in [-0.39, 0.29) is 17.5 Å². The van der Waals surface area contributed by atoms with E-state index in [9.17, 15) is 19.8 Å². The van der Waals surface area contributed by atoms with Gasteiger partial charge in [0, 0.05) is 17.5 Å². The zero-order valence-electron chi connectivity index (χ0n) is 12.5. The van der Waals surface area contributed by atoms with Gasteiger partial charge in [0.1, 0.15) is 5.75 Å². The van der Waals surface area contributed by atoms with Crippen molar-refractivity contribution in [2.24, 2.45) is 0 Å². The van der Waals surface area contributed by atoms with Crippen LogP contribution in [0.4, 0.5) is 0 Å². The molecule has 2 N–H and O–H groups in total. The van der Waals surface area contributed by atoms with E-state index in [1.165, 1.54) is 19.2 Å². The molecule has 3 rings (SSSR count). The summed E-state index contributed by atoms with van der Waals surface area (Å²) in [7, 11) is 1.53. The number of hydrogen-bond acceptors (Lipinski definition) is 5. The summed E-state index contributed by atoms with van der Waals surface area (Å²) in [5.41, 5.74) is -1.27. The van der Waals surface area contributed by atoms with E-state index < -0.39 is 23.3 Å². The van der Waals surface area contributed by atoms with Gasteiger partial charge >= 0.3 is 0 Å². The second-order valence-electron chi connectivity index (χ2n) is 5.59. The Balaban J connectivity index is 1.99. The molecule has 0 bridgehead atoms. The average molecular weight is 312 g/mol. The summed E-state index contributed by atoms with van der Waals surface area (Å²) in [4.78, 5) is 24.9. The maximum absolute atomic E-state index is 12.6. The van der Waals surface area contributed by atoms with E-state index >= 15 is 0 Å². The molecule has 1 aliphatic carbocycles. The van der Waals surface area contributed by atoms with Gasteiger partial charge in [0.25, 0.3) is 0 Å². The summed E-state index contributed by atoms with van der Waals surface area (Å²) in [6.45, 7) is 0. The molecule has 5 nitrogen and oxygen atoms in total. The molecule has 0 radical (unpaired) electrons. The van der Waals surface area contributed by atoms with Crippen molar-refractivity contribution >= 4 is 11.6 Å². The molecule has 0 amide bonds. The summed E-state index contributed by atoms with van der Waals surface area (Å²) in [6, 6.07) is 12.9. The van der Waals surface area contributed by atoms with Gasteiger partial charge in [0.2, 0.25) is 0 Å². The summed E-state index contributed by atoms with van der Waals surface area (Å²) in [6.07, 6.45) is -1.94. The van der Waals surface area contributed by atoms with Crippen LogP contribution in [-0.4, -0.2) is 40.6 Å². The zero-order chi connectivity index (χ0) is 16.6. The number of hydrogen-bond donors (Lipinski definition) is 2. The highest BCUT2D eigenvalue weighted by Crippen LogP contribution is 2.32. The maximum Gasteiger partial charge on any atom is 0.198 e. The first kappa shape index (κ1) is 15.4. The minimum atomic E-state index is -2.17. The lowest BCUT2D eigenvalue weighted by atomic mass is 9.73. The van der Waals surface area contributed by atoms with E-state index in [1.54, 1.807) is 36.4 Å². The van der Waals surface area contributed by atoms with Gasteiger partial charge in [-0.1, -0.05) is 36.4 Å². The van der Waals surface area contributed by atoms with E-state index in [4.69, 9.17) is 4.74 Å². The number of benzene rings is 2. The molecule has 0 heterocycles. The Labute approximate surface area is 133 Å². The monoisotopic (exact) mass is 312 g/mol. The van der Waals surface area contributed by atoms with Gasteiger partial charge in [-0.05, 0) is 17.7 Å². The molecule has 2 atom stereocenters. The fourth-order valence-corrected chi connectivity index (χ4v) is 2.85. The fraction of sp³-hybridized carbons (Fsp3) is 0.222. The highest BCUT2D eigenvalue weighted by molar-refractivity contribution is 6.20. The van der Waals surface area contributed by atoms with Crippen molar-refractivity contribution < 1.29 is 24.5 Å². The lowest BCUT2D eigenvalue weighted by Gasteiger charge is -2.35. The number of rotatable bonds is 3. The summed E-state index contributed by atoms with van der Waals surface area (Å²) >= 11 is 0. The second kappa shape index (κ2) is 5.61. The summed E-state index contributed by atoms with van der Waals surface area (Å²) in [5, 5.41) is 21.0. The van der Waals surface area contributed by atoms with Gasteiger partial charge in [-0.2, -0.15) is 0 Å². The predicted octanol–water partition coefficient (Wildman–Crippen LogP) is 1.41. The van der Waals surface area contributed by atoms with Crippen LogP contribution in [0.2, 0.25) is 0 Å². The number of ether oxygens (including phenoxy) is 1. The van der Waals surface area contributed by atoms with Crippen molar-refractivity contribution in [1.29, 1.82) is 0 Å². The Bertz CT molecular complexity index is 765. The number of ketones is 2. The molecule has 0 aliphatic heterocycles. The van der Waals surface area contributed by atoms with Crippen molar-refractivity contribution in [1.82, 2.24) is 0 Å². The number of carbonyl (C=O) groups excluding carboxylic acids is 2. The Morgan fingerprint density at radius 3 is 2.26 bits per heavy atom. The molecule has 0 aromatic heterocycles. The molecule has 2 aromatic carbocycles. The molecule has 118 valence electrons. The molecular weight excluding hydrogens is 296 g/mol. The van der Waals surface area contributed by atoms with Gasteiger partial charge < -0.3 is 14.9 Å². The number of aliphatic hydroxyl groups is 2. The highest BCUT2D eigenvalue weighted by atomic mass is 16.5. The molecule has 5 heteroatoms. The topological polar surface area (TPSA) is 83.8 Å². The molecule has 0 unspecified atom stereocenters. The Morgan fingerprint density at radius 2 is 1.65 bits per heavy atom. The standard InChI is InChI=1S/C18H16O5/c1-23-12-8-6-11(7-9-12)10-18(22)16(20)14-5-3-2-4-13(14)15(19)17(18)21/h2-9,17,21-22H,10H2,1H3/t17-,18+/m0/s1. The number of aliphatic hydroxyl groups excluding tert-OH is 1. The Morgan fingerprint density at radius 1 is 1.04 bits per heavy atom. The maximum atomic E-state index is 12.6. The van der Waals surface area contributed by atoms with Gasteiger partial charge in [-0.15, -0.1) is 0 Å². The average Bonchev–Trinajstić information content (AvgIpc) is 2.59. The number of Topliss-reactive ketones (excluding diaryl/α,β-unsaturated/α-hetero) is 2. The first-order chi connectivity index (χ1) is 11.0. The van der Waals surface area contributed by atoms with Crippen LogP contribution in [0, 0.1) is 0 Å². The molecule has 0 fully saturated rings. The van der Waals surface area contributed by atoms with E-state index in [2.05, 4.69) is 0 Å². The lowest BCUT2D eigenvalue weighted by Crippen LogP contribution is -2.58. The first-order valence-electron chi connectivity index (χ1n) is 7.19. The normalized spacial score (nSPS) is 23.5. The zero-order valence-corrected chi connectivity index (χ0v) is 12.5. The molecule has 0 spiro atoms.